The molecule has 7 nitrogen and oxygen atoms in total. The van der Waals surface area contributed by atoms with E-state index in [2.05, 4.69) is 20.6 Å². The molecule has 1 unspecified atom stereocenters. The largest absolute Gasteiger partial charge is 0.345 e. The summed E-state index contributed by atoms with van der Waals surface area (Å²) in [6, 6.07) is 5.05. The van der Waals surface area contributed by atoms with E-state index in [1.54, 1.807) is 25.4 Å². The predicted molar refractivity (Wildman–Crippen MR) is 84.4 cm³/mol. The number of anilines is 1. The summed E-state index contributed by atoms with van der Waals surface area (Å²) in [6.07, 6.45) is 3.18. The van der Waals surface area contributed by atoms with Gasteiger partial charge in [0.2, 0.25) is 5.91 Å². The second-order valence-corrected chi connectivity index (χ2v) is 5.48. The van der Waals surface area contributed by atoms with E-state index in [1.807, 2.05) is 0 Å². The second-order valence-electron chi connectivity index (χ2n) is 5.48. The molecule has 0 aliphatic carbocycles. The van der Waals surface area contributed by atoms with Gasteiger partial charge < -0.3 is 15.5 Å². The molecule has 0 fully saturated rings. The van der Waals surface area contributed by atoms with Gasteiger partial charge in [-0.05, 0) is 36.8 Å². The number of halogens is 1. The van der Waals surface area contributed by atoms with Crippen molar-refractivity contribution < 1.29 is 14.0 Å². The summed E-state index contributed by atoms with van der Waals surface area (Å²) in [5.74, 6) is -0.240. The van der Waals surface area contributed by atoms with Crippen LogP contribution in [0.3, 0.4) is 0 Å². The number of amides is 3. The Bertz CT molecular complexity index is 768. The van der Waals surface area contributed by atoms with E-state index in [1.165, 1.54) is 23.1 Å². The summed E-state index contributed by atoms with van der Waals surface area (Å²) in [4.78, 5) is 33.7. The molecule has 2 N–H and O–H groups in total. The maximum atomic E-state index is 13.3. The van der Waals surface area contributed by atoms with Gasteiger partial charge in [0.1, 0.15) is 18.2 Å². The predicted octanol–water partition coefficient (Wildman–Crippen LogP) is 1.84. The number of hydrogen-bond acceptors (Lipinski definition) is 4. The molecule has 3 amide bonds. The molecule has 0 saturated carbocycles. The van der Waals surface area contributed by atoms with E-state index < -0.39 is 6.03 Å². The SMILES string of the molecule is CC(NC(=O)CN1Cc2cc(F)ccc2NC1=O)c1ncccn1. The Labute approximate surface area is 137 Å². The van der Waals surface area contributed by atoms with Crippen LogP contribution in [0.4, 0.5) is 14.9 Å². The minimum atomic E-state index is -0.395. The van der Waals surface area contributed by atoms with Gasteiger partial charge in [0.15, 0.2) is 0 Å². The summed E-state index contributed by atoms with van der Waals surface area (Å²) < 4.78 is 13.3. The topological polar surface area (TPSA) is 87.2 Å². The first-order chi connectivity index (χ1) is 11.5. The van der Waals surface area contributed by atoms with Gasteiger partial charge in [-0.15, -0.1) is 0 Å². The number of nitrogens with one attached hydrogen (secondary N) is 2. The molecule has 8 heteroatoms. The lowest BCUT2D eigenvalue weighted by Gasteiger charge is -2.29. The molecule has 1 atom stereocenters. The molecular weight excluding hydrogens is 313 g/mol. The van der Waals surface area contributed by atoms with Crippen molar-refractivity contribution in [1.29, 1.82) is 0 Å². The lowest BCUT2D eigenvalue weighted by molar-refractivity contribution is -0.122. The molecule has 2 heterocycles. The quantitative estimate of drug-likeness (QED) is 0.896. The van der Waals surface area contributed by atoms with Gasteiger partial charge in [0.05, 0.1) is 12.6 Å². The van der Waals surface area contributed by atoms with Crippen molar-refractivity contribution in [3.05, 3.63) is 53.9 Å². The molecule has 0 saturated heterocycles. The van der Waals surface area contributed by atoms with Crippen LogP contribution in [0.5, 0.6) is 0 Å². The second kappa shape index (κ2) is 6.61. The Hall–Kier alpha value is -3.03. The van der Waals surface area contributed by atoms with Crippen LogP contribution in [-0.2, 0) is 11.3 Å². The molecule has 1 aromatic carbocycles. The third-order valence-corrected chi connectivity index (χ3v) is 3.64. The Morgan fingerprint density at radius 1 is 1.42 bits per heavy atom. The summed E-state index contributed by atoms with van der Waals surface area (Å²) in [6.45, 7) is 1.79. The van der Waals surface area contributed by atoms with Gasteiger partial charge >= 0.3 is 6.03 Å². The third kappa shape index (κ3) is 3.48. The van der Waals surface area contributed by atoms with Crippen molar-refractivity contribution >= 4 is 17.6 Å². The molecule has 3 rings (SSSR count). The van der Waals surface area contributed by atoms with Crippen LogP contribution < -0.4 is 10.6 Å². The molecule has 2 aromatic rings. The zero-order valence-electron chi connectivity index (χ0n) is 13.0. The number of carbonyl (C=O) groups is 2. The molecule has 1 aliphatic rings. The number of hydrogen-bond donors (Lipinski definition) is 2. The zero-order valence-corrected chi connectivity index (χ0v) is 13.0. The Morgan fingerprint density at radius 3 is 2.92 bits per heavy atom. The number of rotatable bonds is 4. The van der Waals surface area contributed by atoms with Gasteiger partial charge in [0, 0.05) is 18.1 Å². The van der Waals surface area contributed by atoms with Crippen LogP contribution in [0.15, 0.2) is 36.7 Å². The minimum absolute atomic E-state index is 0.140. The maximum Gasteiger partial charge on any atom is 0.322 e. The molecular formula is C16H16FN5O2. The normalized spacial score (nSPS) is 14.6. The average Bonchev–Trinajstić information content (AvgIpc) is 2.56. The molecule has 0 spiro atoms. The lowest BCUT2D eigenvalue weighted by Crippen LogP contribution is -2.45. The van der Waals surface area contributed by atoms with Crippen LogP contribution >= 0.6 is 0 Å². The number of aromatic nitrogens is 2. The summed E-state index contributed by atoms with van der Waals surface area (Å²) in [7, 11) is 0. The zero-order chi connectivity index (χ0) is 17.1. The van der Waals surface area contributed by atoms with Crippen LogP contribution in [0.1, 0.15) is 24.4 Å². The van der Waals surface area contributed by atoms with Crippen molar-refractivity contribution in [2.75, 3.05) is 11.9 Å². The molecule has 1 aliphatic heterocycles. The minimum Gasteiger partial charge on any atom is -0.345 e. The first-order valence-electron chi connectivity index (χ1n) is 7.43. The summed E-state index contributed by atoms with van der Waals surface area (Å²) in [5.41, 5.74) is 1.19. The Balaban J connectivity index is 1.63. The number of nitrogens with zero attached hydrogens (tertiary/aromatic N) is 3. The van der Waals surface area contributed by atoms with E-state index in [0.29, 0.717) is 17.1 Å². The number of fused-ring (bicyclic) bond motifs is 1. The highest BCUT2D eigenvalue weighted by molar-refractivity contribution is 5.94. The van der Waals surface area contributed by atoms with Crippen molar-refractivity contribution in [3.63, 3.8) is 0 Å². The van der Waals surface area contributed by atoms with E-state index in [9.17, 15) is 14.0 Å². The lowest BCUT2D eigenvalue weighted by atomic mass is 10.1. The maximum absolute atomic E-state index is 13.3. The van der Waals surface area contributed by atoms with Gasteiger partial charge in [0.25, 0.3) is 0 Å². The highest BCUT2D eigenvalue weighted by atomic mass is 19.1. The smallest absolute Gasteiger partial charge is 0.322 e. The van der Waals surface area contributed by atoms with Crippen LogP contribution in [0, 0.1) is 5.82 Å². The number of benzene rings is 1. The van der Waals surface area contributed by atoms with E-state index in [-0.39, 0.29) is 30.9 Å². The highest BCUT2D eigenvalue weighted by Crippen LogP contribution is 2.23. The first-order valence-corrected chi connectivity index (χ1v) is 7.43. The fraction of sp³-hybridized carbons (Fsp3) is 0.250. The highest BCUT2D eigenvalue weighted by Gasteiger charge is 2.25. The van der Waals surface area contributed by atoms with E-state index in [4.69, 9.17) is 0 Å². The fourth-order valence-electron chi connectivity index (χ4n) is 2.47. The van der Waals surface area contributed by atoms with Crippen LogP contribution in [-0.4, -0.2) is 33.4 Å². The van der Waals surface area contributed by atoms with Crippen LogP contribution in [0.25, 0.3) is 0 Å². The molecule has 124 valence electrons. The van der Waals surface area contributed by atoms with Crippen molar-refractivity contribution in [2.45, 2.75) is 19.5 Å². The van der Waals surface area contributed by atoms with Gasteiger partial charge in [-0.1, -0.05) is 0 Å². The van der Waals surface area contributed by atoms with Crippen LogP contribution in [0.2, 0.25) is 0 Å². The Kier molecular flexibility index (Phi) is 4.37. The third-order valence-electron chi connectivity index (χ3n) is 3.64. The first kappa shape index (κ1) is 15.9. The average molecular weight is 329 g/mol. The van der Waals surface area contributed by atoms with Crippen molar-refractivity contribution in [2.24, 2.45) is 0 Å². The van der Waals surface area contributed by atoms with Crippen molar-refractivity contribution in [1.82, 2.24) is 20.2 Å². The molecule has 0 bridgehead atoms. The summed E-state index contributed by atoms with van der Waals surface area (Å²) in [5, 5.41) is 5.38. The van der Waals surface area contributed by atoms with Gasteiger partial charge in [-0.25, -0.2) is 19.2 Å². The standard InChI is InChI=1S/C16H16FN5O2/c1-10(15-18-5-2-6-19-15)20-14(23)9-22-8-11-7-12(17)3-4-13(11)21-16(22)24/h2-7,10H,8-9H2,1H3,(H,20,23)(H,21,24). The van der Waals surface area contributed by atoms with E-state index in [0.717, 1.165) is 0 Å². The molecule has 1 aromatic heterocycles. The monoisotopic (exact) mass is 329 g/mol. The van der Waals surface area contributed by atoms with Gasteiger partial charge in [-0.3, -0.25) is 4.79 Å². The van der Waals surface area contributed by atoms with Gasteiger partial charge in [-0.2, -0.15) is 0 Å². The Morgan fingerprint density at radius 2 is 2.17 bits per heavy atom. The van der Waals surface area contributed by atoms with E-state index >= 15 is 0 Å². The fourth-order valence-corrected chi connectivity index (χ4v) is 2.47. The summed E-state index contributed by atoms with van der Waals surface area (Å²) >= 11 is 0. The number of carbonyl (C=O) groups excluding carboxylic acids is 2. The van der Waals surface area contributed by atoms with Crippen molar-refractivity contribution in [3.8, 4) is 0 Å². The molecule has 0 radical (unpaired) electrons. The number of urea groups is 1. The molecule has 24 heavy (non-hydrogen) atoms.